The van der Waals surface area contributed by atoms with Gasteiger partial charge in [0.25, 0.3) is 0 Å². The SMILES string of the molecule is N[C@@H](Cc1cccc(OOS(=O)(=O)O)c1)C(=O)O. The highest BCUT2D eigenvalue weighted by molar-refractivity contribution is 7.80. The Labute approximate surface area is 103 Å². The van der Waals surface area contributed by atoms with Crippen molar-refractivity contribution in [1.29, 1.82) is 0 Å². The van der Waals surface area contributed by atoms with Crippen molar-refractivity contribution in [2.45, 2.75) is 12.5 Å². The van der Waals surface area contributed by atoms with E-state index >= 15 is 0 Å². The summed E-state index contributed by atoms with van der Waals surface area (Å²) >= 11 is 0. The average Bonchev–Trinajstić information content (AvgIpc) is 2.26. The zero-order chi connectivity index (χ0) is 13.8. The van der Waals surface area contributed by atoms with E-state index in [1.54, 1.807) is 6.07 Å². The first kappa shape index (κ1) is 14.4. The van der Waals surface area contributed by atoms with Crippen molar-refractivity contribution in [1.82, 2.24) is 0 Å². The molecule has 1 rings (SSSR count). The largest absolute Gasteiger partial charge is 0.480 e. The molecule has 9 heteroatoms. The van der Waals surface area contributed by atoms with Gasteiger partial charge in [-0.1, -0.05) is 12.1 Å². The Bertz CT molecular complexity index is 527. The lowest BCUT2D eigenvalue weighted by Gasteiger charge is -2.07. The molecule has 0 saturated heterocycles. The van der Waals surface area contributed by atoms with Gasteiger partial charge < -0.3 is 15.7 Å². The number of benzene rings is 1. The maximum Gasteiger partial charge on any atom is 0.432 e. The molecule has 4 N–H and O–H groups in total. The van der Waals surface area contributed by atoms with Crippen LogP contribution in [0, 0.1) is 0 Å². The maximum atomic E-state index is 10.6. The quantitative estimate of drug-likeness (QED) is 0.368. The fraction of sp³-hybridized carbons (Fsp3) is 0.222. The second-order valence-corrected chi connectivity index (χ2v) is 4.37. The standard InChI is InChI=1S/C9H11NO7S/c10-8(9(11)12)5-6-2-1-3-7(4-6)16-17-18(13,14)15/h1-4,8H,5,10H2,(H,11,12)(H,13,14,15)/t8-/m0/s1. The van der Waals surface area contributed by atoms with Gasteiger partial charge in [-0.25, -0.2) is 0 Å². The van der Waals surface area contributed by atoms with Crippen LogP contribution >= 0.6 is 0 Å². The highest BCUT2D eigenvalue weighted by Gasteiger charge is 2.13. The molecule has 0 unspecified atom stereocenters. The van der Waals surface area contributed by atoms with Crippen LogP contribution in [0.1, 0.15) is 5.56 Å². The van der Waals surface area contributed by atoms with Crippen molar-refractivity contribution in [3.05, 3.63) is 29.8 Å². The van der Waals surface area contributed by atoms with Crippen molar-refractivity contribution >= 4 is 16.4 Å². The average molecular weight is 277 g/mol. The summed E-state index contributed by atoms with van der Waals surface area (Å²) in [6.45, 7) is 0. The first-order valence-corrected chi connectivity index (χ1v) is 6.05. The zero-order valence-electron chi connectivity index (χ0n) is 9.02. The van der Waals surface area contributed by atoms with Crippen LogP contribution in [0.3, 0.4) is 0 Å². The van der Waals surface area contributed by atoms with E-state index < -0.39 is 22.4 Å². The molecule has 0 saturated carbocycles. The summed E-state index contributed by atoms with van der Waals surface area (Å²) in [5.74, 6) is -1.17. The van der Waals surface area contributed by atoms with Crippen LogP contribution in [0.2, 0.25) is 0 Å². The zero-order valence-corrected chi connectivity index (χ0v) is 9.83. The topological polar surface area (TPSA) is 136 Å². The second kappa shape index (κ2) is 5.78. The van der Waals surface area contributed by atoms with Gasteiger partial charge in [-0.3, -0.25) is 9.35 Å². The van der Waals surface area contributed by atoms with Crippen LogP contribution in [-0.2, 0) is 25.9 Å². The lowest BCUT2D eigenvalue weighted by atomic mass is 10.1. The van der Waals surface area contributed by atoms with Gasteiger partial charge in [-0.2, -0.15) is 8.42 Å². The highest BCUT2D eigenvalue weighted by Crippen LogP contribution is 2.15. The molecule has 1 aromatic rings. The first-order chi connectivity index (χ1) is 8.28. The van der Waals surface area contributed by atoms with Crippen LogP contribution < -0.4 is 10.6 Å². The number of rotatable bonds is 6. The van der Waals surface area contributed by atoms with E-state index in [1.165, 1.54) is 18.2 Å². The van der Waals surface area contributed by atoms with Crippen molar-refractivity contribution in [3.8, 4) is 5.75 Å². The van der Waals surface area contributed by atoms with Gasteiger partial charge in [-0.15, -0.1) is 0 Å². The Kier molecular flexibility index (Phi) is 4.62. The minimum atomic E-state index is -4.71. The van der Waals surface area contributed by atoms with E-state index in [4.69, 9.17) is 15.4 Å². The summed E-state index contributed by atoms with van der Waals surface area (Å²) in [7, 11) is -4.71. The van der Waals surface area contributed by atoms with Crippen molar-refractivity contribution in [2.75, 3.05) is 0 Å². The number of aliphatic carboxylic acids is 1. The number of carboxylic acids is 1. The lowest BCUT2D eigenvalue weighted by Crippen LogP contribution is -2.32. The molecule has 0 spiro atoms. The first-order valence-electron chi connectivity index (χ1n) is 4.69. The number of nitrogens with two attached hydrogens (primary N) is 1. The Morgan fingerprint density at radius 2 is 2.11 bits per heavy atom. The molecule has 100 valence electrons. The summed E-state index contributed by atoms with van der Waals surface area (Å²) in [5.41, 5.74) is 5.85. The molecular weight excluding hydrogens is 266 g/mol. The molecule has 0 radical (unpaired) electrons. The molecule has 18 heavy (non-hydrogen) atoms. The molecule has 0 aliphatic carbocycles. The van der Waals surface area contributed by atoms with Gasteiger partial charge >= 0.3 is 16.4 Å². The molecule has 0 aliphatic rings. The predicted octanol–water partition coefficient (Wildman–Crippen LogP) is -0.246. The fourth-order valence-corrected chi connectivity index (χ4v) is 1.31. The van der Waals surface area contributed by atoms with Crippen LogP contribution in [0.25, 0.3) is 0 Å². The van der Waals surface area contributed by atoms with Gasteiger partial charge in [0.2, 0.25) is 0 Å². The third kappa shape index (κ3) is 5.10. The molecule has 1 aromatic carbocycles. The molecule has 0 fully saturated rings. The smallest absolute Gasteiger partial charge is 0.432 e. The summed E-state index contributed by atoms with van der Waals surface area (Å²) < 4.78 is 32.5. The van der Waals surface area contributed by atoms with Gasteiger partial charge in [0.05, 0.1) is 0 Å². The fourth-order valence-electron chi connectivity index (χ4n) is 1.15. The normalized spacial score (nSPS) is 13.0. The second-order valence-electron chi connectivity index (χ2n) is 3.38. The summed E-state index contributed by atoms with van der Waals surface area (Å²) in [5, 5.41) is 8.63. The third-order valence-corrected chi connectivity index (χ3v) is 2.13. The lowest BCUT2D eigenvalue weighted by molar-refractivity contribution is -0.138. The molecule has 1 atom stereocenters. The van der Waals surface area contributed by atoms with E-state index in [2.05, 4.69) is 9.22 Å². The molecule has 0 amide bonds. The maximum absolute atomic E-state index is 10.6. The van der Waals surface area contributed by atoms with E-state index in [0.717, 1.165) is 0 Å². The van der Waals surface area contributed by atoms with Crippen LogP contribution in [0.15, 0.2) is 24.3 Å². The van der Waals surface area contributed by atoms with Crippen molar-refractivity contribution in [3.63, 3.8) is 0 Å². The predicted molar refractivity (Wildman–Crippen MR) is 59.0 cm³/mol. The number of carboxylic acid groups (broad SMARTS) is 1. The number of hydrogen-bond acceptors (Lipinski definition) is 6. The Morgan fingerprint density at radius 1 is 1.44 bits per heavy atom. The van der Waals surface area contributed by atoms with Gasteiger partial charge in [0.1, 0.15) is 6.04 Å². The Morgan fingerprint density at radius 3 is 2.67 bits per heavy atom. The van der Waals surface area contributed by atoms with Gasteiger partial charge in [-0.05, 0) is 28.5 Å². The van der Waals surface area contributed by atoms with E-state index in [9.17, 15) is 13.2 Å². The van der Waals surface area contributed by atoms with Gasteiger partial charge in [0, 0.05) is 0 Å². The molecular formula is C9H11NO7S. The van der Waals surface area contributed by atoms with Crippen LogP contribution in [0.5, 0.6) is 5.75 Å². The summed E-state index contributed by atoms with van der Waals surface area (Å²) in [4.78, 5) is 14.9. The molecule has 0 aromatic heterocycles. The molecule has 0 bridgehead atoms. The highest BCUT2D eigenvalue weighted by atomic mass is 32.3. The van der Waals surface area contributed by atoms with E-state index in [1.807, 2.05) is 0 Å². The Hall–Kier alpha value is -1.68. The third-order valence-electron chi connectivity index (χ3n) is 1.89. The van der Waals surface area contributed by atoms with Crippen molar-refractivity contribution in [2.24, 2.45) is 5.73 Å². The summed E-state index contributed by atoms with van der Waals surface area (Å²) in [6.07, 6.45) is 0.0401. The molecule has 0 heterocycles. The van der Waals surface area contributed by atoms with Crippen LogP contribution in [-0.4, -0.2) is 30.1 Å². The van der Waals surface area contributed by atoms with Crippen LogP contribution in [0.4, 0.5) is 0 Å². The van der Waals surface area contributed by atoms with E-state index in [0.29, 0.717) is 5.56 Å². The Balaban J connectivity index is 2.70. The monoisotopic (exact) mass is 277 g/mol. The summed E-state index contributed by atoms with van der Waals surface area (Å²) in [6, 6.07) is 4.70. The molecule has 0 aliphatic heterocycles. The number of hydrogen-bond donors (Lipinski definition) is 3. The van der Waals surface area contributed by atoms with Gasteiger partial charge in [0.15, 0.2) is 5.75 Å². The number of carbonyl (C=O) groups is 1. The minimum Gasteiger partial charge on any atom is -0.480 e. The van der Waals surface area contributed by atoms with E-state index in [-0.39, 0.29) is 12.2 Å². The van der Waals surface area contributed by atoms with Crippen molar-refractivity contribution < 1.29 is 32.1 Å². The minimum absolute atomic E-state index is 0.0114. The molecule has 8 nitrogen and oxygen atoms in total.